The van der Waals surface area contributed by atoms with Crippen molar-refractivity contribution in [2.24, 2.45) is 16.6 Å². The summed E-state index contributed by atoms with van der Waals surface area (Å²) in [6, 6.07) is 5.90. The van der Waals surface area contributed by atoms with Gasteiger partial charge in [0.15, 0.2) is 5.96 Å². The molecule has 1 aromatic rings. The number of aliphatic imine (C=N–C) groups is 1. The van der Waals surface area contributed by atoms with Crippen LogP contribution in [0.15, 0.2) is 29.3 Å². The van der Waals surface area contributed by atoms with Crippen LogP contribution >= 0.6 is 24.0 Å². The first-order chi connectivity index (χ1) is 10.4. The van der Waals surface area contributed by atoms with Gasteiger partial charge in [0.2, 0.25) is 0 Å². The second kappa shape index (κ2) is 11.4. The van der Waals surface area contributed by atoms with Gasteiger partial charge >= 0.3 is 6.61 Å². The van der Waals surface area contributed by atoms with E-state index >= 15 is 0 Å². The molecule has 132 valence electrons. The largest absolute Gasteiger partial charge is 0.435 e. The number of ether oxygens (including phenoxy) is 1. The summed E-state index contributed by atoms with van der Waals surface area (Å²) in [7, 11) is 0. The summed E-state index contributed by atoms with van der Waals surface area (Å²) in [5, 5.41) is 13.0. The number of benzene rings is 1. The van der Waals surface area contributed by atoms with E-state index in [0.29, 0.717) is 18.0 Å². The zero-order valence-electron chi connectivity index (χ0n) is 13.2. The van der Waals surface area contributed by atoms with Crippen molar-refractivity contribution in [3.8, 4) is 5.75 Å². The van der Waals surface area contributed by atoms with E-state index < -0.39 is 12.7 Å². The molecule has 0 saturated carbocycles. The van der Waals surface area contributed by atoms with E-state index in [1.165, 1.54) is 18.2 Å². The zero-order valence-corrected chi connectivity index (χ0v) is 15.5. The molecule has 0 amide bonds. The highest BCUT2D eigenvalue weighted by molar-refractivity contribution is 14.0. The third-order valence-corrected chi connectivity index (χ3v) is 2.93. The molecule has 23 heavy (non-hydrogen) atoms. The first-order valence-electron chi connectivity index (χ1n) is 7.15. The molecule has 1 unspecified atom stereocenters. The second-order valence-electron chi connectivity index (χ2n) is 5.30. The number of hydrogen-bond acceptors (Lipinski definition) is 3. The molecule has 0 fully saturated rings. The van der Waals surface area contributed by atoms with Crippen LogP contribution in [-0.2, 0) is 0 Å². The Morgan fingerprint density at radius 2 is 2.09 bits per heavy atom. The van der Waals surface area contributed by atoms with Crippen molar-refractivity contribution < 1.29 is 18.6 Å². The number of nitrogens with one attached hydrogen (secondary N) is 1. The Bertz CT molecular complexity index is 488. The van der Waals surface area contributed by atoms with Crippen molar-refractivity contribution in [2.75, 3.05) is 13.1 Å². The number of alkyl halides is 2. The molecule has 0 aliphatic carbocycles. The van der Waals surface area contributed by atoms with Crippen LogP contribution in [0.2, 0.25) is 0 Å². The number of aliphatic hydroxyl groups excluding tert-OH is 1. The number of nitrogens with two attached hydrogens (primary N) is 1. The topological polar surface area (TPSA) is 79.9 Å². The predicted octanol–water partition coefficient (Wildman–Crippen LogP) is 2.89. The smallest absolute Gasteiger partial charge is 0.387 e. The van der Waals surface area contributed by atoms with Crippen molar-refractivity contribution >= 4 is 29.9 Å². The number of hydrogen-bond donors (Lipinski definition) is 3. The summed E-state index contributed by atoms with van der Waals surface area (Å²) < 4.78 is 28.6. The number of rotatable bonds is 8. The third kappa shape index (κ3) is 9.54. The average Bonchev–Trinajstić information content (AvgIpc) is 2.44. The highest BCUT2D eigenvalue weighted by Crippen LogP contribution is 2.21. The van der Waals surface area contributed by atoms with Gasteiger partial charge in [-0.3, -0.25) is 4.99 Å². The molecule has 4 N–H and O–H groups in total. The van der Waals surface area contributed by atoms with Crippen LogP contribution in [0.25, 0.3) is 0 Å². The van der Waals surface area contributed by atoms with E-state index in [2.05, 4.69) is 28.9 Å². The van der Waals surface area contributed by atoms with E-state index in [1.54, 1.807) is 6.07 Å². The van der Waals surface area contributed by atoms with Crippen molar-refractivity contribution in [2.45, 2.75) is 33.0 Å². The van der Waals surface area contributed by atoms with Crippen molar-refractivity contribution in [3.63, 3.8) is 0 Å². The van der Waals surface area contributed by atoms with Crippen LogP contribution in [0, 0.1) is 5.92 Å². The molecular weight excluding hydrogens is 419 g/mol. The van der Waals surface area contributed by atoms with E-state index in [0.717, 1.165) is 6.42 Å². The highest BCUT2D eigenvalue weighted by Gasteiger charge is 2.10. The van der Waals surface area contributed by atoms with Crippen LogP contribution in [0.4, 0.5) is 8.78 Å². The normalized spacial score (nSPS) is 12.9. The van der Waals surface area contributed by atoms with Gasteiger partial charge in [0.25, 0.3) is 0 Å². The van der Waals surface area contributed by atoms with E-state index in [1.807, 2.05) is 0 Å². The van der Waals surface area contributed by atoms with E-state index in [9.17, 15) is 13.9 Å². The number of guanidine groups is 1. The van der Waals surface area contributed by atoms with Gasteiger partial charge in [-0.2, -0.15) is 8.78 Å². The Hall–Kier alpha value is -1.16. The number of nitrogens with zero attached hydrogens (tertiary/aromatic N) is 1. The first kappa shape index (κ1) is 21.8. The van der Waals surface area contributed by atoms with Gasteiger partial charge in [-0.1, -0.05) is 26.0 Å². The van der Waals surface area contributed by atoms with Crippen LogP contribution in [0.5, 0.6) is 5.75 Å². The van der Waals surface area contributed by atoms with Crippen molar-refractivity contribution in [3.05, 3.63) is 29.8 Å². The molecule has 0 heterocycles. The molecule has 0 aliphatic rings. The van der Waals surface area contributed by atoms with Gasteiger partial charge in [0.1, 0.15) is 5.75 Å². The summed E-state index contributed by atoms with van der Waals surface area (Å²) in [5.41, 5.74) is 6.13. The lowest BCUT2D eigenvalue weighted by atomic mass is 10.1. The van der Waals surface area contributed by atoms with Gasteiger partial charge in [-0.15, -0.1) is 24.0 Å². The van der Waals surface area contributed by atoms with Gasteiger partial charge < -0.3 is 20.9 Å². The molecule has 1 aromatic carbocycles. The maximum atomic E-state index is 12.2. The summed E-state index contributed by atoms with van der Waals surface area (Å²) >= 11 is 0. The molecule has 0 aliphatic heterocycles. The monoisotopic (exact) mass is 443 g/mol. The predicted molar refractivity (Wildman–Crippen MR) is 97.4 cm³/mol. The molecule has 8 heteroatoms. The van der Waals surface area contributed by atoms with Crippen LogP contribution in [-0.4, -0.2) is 30.8 Å². The Morgan fingerprint density at radius 3 is 2.70 bits per heavy atom. The van der Waals surface area contributed by atoms with Crippen molar-refractivity contribution in [1.29, 1.82) is 0 Å². The van der Waals surface area contributed by atoms with Gasteiger partial charge in [-0.05, 0) is 30.0 Å². The quantitative estimate of drug-likeness (QED) is 0.328. The van der Waals surface area contributed by atoms with E-state index in [-0.39, 0.29) is 42.2 Å². The fourth-order valence-corrected chi connectivity index (χ4v) is 1.73. The average molecular weight is 443 g/mol. The Balaban J connectivity index is 0.00000484. The lowest BCUT2D eigenvalue weighted by molar-refractivity contribution is -0.0499. The molecule has 5 nitrogen and oxygen atoms in total. The van der Waals surface area contributed by atoms with Crippen LogP contribution in [0.1, 0.15) is 31.9 Å². The molecule has 1 atom stereocenters. The Labute approximate surface area is 152 Å². The molecule has 0 bridgehead atoms. The first-order valence-corrected chi connectivity index (χ1v) is 7.15. The van der Waals surface area contributed by atoms with E-state index in [4.69, 9.17) is 5.73 Å². The molecule has 0 radical (unpaired) electrons. The minimum atomic E-state index is -2.90. The Morgan fingerprint density at radius 1 is 1.39 bits per heavy atom. The van der Waals surface area contributed by atoms with Crippen molar-refractivity contribution in [1.82, 2.24) is 5.32 Å². The summed E-state index contributed by atoms with van der Waals surface area (Å²) in [4.78, 5) is 4.03. The summed E-state index contributed by atoms with van der Waals surface area (Å²) in [6.07, 6.45) is 0.0258. The van der Waals surface area contributed by atoms with Gasteiger partial charge in [-0.25, -0.2) is 0 Å². The fourth-order valence-electron chi connectivity index (χ4n) is 1.73. The van der Waals surface area contributed by atoms with Gasteiger partial charge in [0, 0.05) is 6.54 Å². The van der Waals surface area contributed by atoms with Crippen LogP contribution in [0.3, 0.4) is 0 Å². The second-order valence-corrected chi connectivity index (χ2v) is 5.30. The number of aliphatic hydroxyl groups is 1. The van der Waals surface area contributed by atoms with Crippen LogP contribution < -0.4 is 15.8 Å². The fraction of sp³-hybridized carbons (Fsp3) is 0.533. The summed E-state index contributed by atoms with van der Waals surface area (Å²) in [6.45, 7) is 2.06. The number of halogens is 3. The Kier molecular flexibility index (Phi) is 10.8. The maximum Gasteiger partial charge on any atom is 0.387 e. The minimum Gasteiger partial charge on any atom is -0.435 e. The summed E-state index contributed by atoms with van der Waals surface area (Å²) in [5.74, 6) is 0.807. The SMILES string of the molecule is CC(C)CCNC(N)=NCC(O)c1cccc(OC(F)F)c1.I. The zero-order chi connectivity index (χ0) is 16.5. The third-order valence-electron chi connectivity index (χ3n) is 2.93. The molecule has 1 rings (SSSR count). The molecule has 0 spiro atoms. The lowest BCUT2D eigenvalue weighted by Gasteiger charge is -2.12. The highest BCUT2D eigenvalue weighted by atomic mass is 127. The lowest BCUT2D eigenvalue weighted by Crippen LogP contribution is -2.33. The molecule has 0 aromatic heterocycles. The minimum absolute atomic E-state index is 0. The van der Waals surface area contributed by atoms with Gasteiger partial charge in [0.05, 0.1) is 12.6 Å². The molecular formula is C15H24F2IN3O2. The molecule has 0 saturated heterocycles. The standard InChI is InChI=1S/C15H23F2N3O2.HI/c1-10(2)6-7-19-15(18)20-9-13(21)11-4-3-5-12(8-11)22-14(16)17;/h3-5,8,10,13-14,21H,6-7,9H2,1-2H3,(H3,18,19,20);1H. The maximum absolute atomic E-state index is 12.2.